The van der Waals surface area contributed by atoms with Gasteiger partial charge in [0.25, 0.3) is 0 Å². The molecule has 3 nitrogen and oxygen atoms in total. The van der Waals surface area contributed by atoms with Crippen LogP contribution in [0.15, 0.2) is 28.8 Å². The number of nitrogens with zero attached hydrogens (tertiary/aromatic N) is 1. The van der Waals surface area contributed by atoms with Crippen molar-refractivity contribution in [2.45, 2.75) is 0 Å². The summed E-state index contributed by atoms with van der Waals surface area (Å²) in [5, 5.41) is 9.09. The van der Waals surface area contributed by atoms with Gasteiger partial charge < -0.3 is 9.47 Å². The molecule has 0 atom stereocenters. The lowest BCUT2D eigenvalue weighted by molar-refractivity contribution is 0.324. The molecule has 0 aliphatic heterocycles. The van der Waals surface area contributed by atoms with Gasteiger partial charge >= 0.3 is 0 Å². The van der Waals surface area contributed by atoms with E-state index >= 15 is 0 Å². The summed E-state index contributed by atoms with van der Waals surface area (Å²) in [6.07, 6.45) is 0. The van der Waals surface area contributed by atoms with Crippen LogP contribution in [0.25, 0.3) is 0 Å². The van der Waals surface area contributed by atoms with E-state index in [9.17, 15) is 0 Å². The van der Waals surface area contributed by atoms with Crippen LogP contribution in [0.5, 0.6) is 11.5 Å². The van der Waals surface area contributed by atoms with Crippen molar-refractivity contribution in [3.8, 4) is 17.6 Å². The summed E-state index contributed by atoms with van der Waals surface area (Å²) in [6, 6.07) is 6.89. The normalized spacial score (nSPS) is 10.8. The molecular weight excluding hydrogens is 249 g/mol. The van der Waals surface area contributed by atoms with Crippen LogP contribution < -0.4 is 9.47 Å². The van der Waals surface area contributed by atoms with Crippen molar-refractivity contribution in [1.29, 1.82) is 5.26 Å². The van der Waals surface area contributed by atoms with Crippen LogP contribution in [0, 0.1) is 11.3 Å². The molecule has 0 saturated carbocycles. The highest BCUT2D eigenvalue weighted by molar-refractivity contribution is 6.36. The third kappa shape index (κ3) is 3.34. The van der Waals surface area contributed by atoms with Crippen LogP contribution >= 0.6 is 23.2 Å². The molecule has 84 valence electrons. The van der Waals surface area contributed by atoms with Gasteiger partial charge in [-0.15, -0.1) is 0 Å². The predicted octanol–water partition coefficient (Wildman–Crippen LogP) is 3.26. The molecule has 0 saturated heterocycles. The number of nitriles is 1. The fraction of sp³-hybridized carbons (Fsp3) is 0.182. The maximum atomic E-state index is 8.71. The van der Waals surface area contributed by atoms with E-state index in [2.05, 4.69) is 0 Å². The third-order valence-corrected chi connectivity index (χ3v) is 2.37. The van der Waals surface area contributed by atoms with Crippen LogP contribution in [-0.4, -0.2) is 13.7 Å². The Labute approximate surface area is 104 Å². The average Bonchev–Trinajstić information content (AvgIpc) is 2.35. The zero-order valence-electron chi connectivity index (χ0n) is 8.54. The first kappa shape index (κ1) is 12.7. The summed E-state index contributed by atoms with van der Waals surface area (Å²) in [5.74, 6) is 0.997. The van der Waals surface area contributed by atoms with Crippen LogP contribution in [-0.2, 0) is 0 Å². The highest BCUT2D eigenvalue weighted by Gasteiger charge is 2.06. The second-order valence-electron chi connectivity index (χ2n) is 2.82. The quantitative estimate of drug-likeness (QED) is 0.832. The summed E-state index contributed by atoms with van der Waals surface area (Å²) in [6.45, 7) is 0.160. The lowest BCUT2D eigenvalue weighted by atomic mass is 10.2. The Morgan fingerprint density at radius 3 is 2.81 bits per heavy atom. The minimum Gasteiger partial charge on any atom is -0.493 e. The van der Waals surface area contributed by atoms with Gasteiger partial charge in [0.1, 0.15) is 6.61 Å². The fourth-order valence-corrected chi connectivity index (χ4v) is 1.15. The number of ether oxygens (including phenoxy) is 2. The zero-order chi connectivity index (χ0) is 12.0. The van der Waals surface area contributed by atoms with E-state index in [1.807, 2.05) is 6.07 Å². The Morgan fingerprint density at radius 1 is 1.50 bits per heavy atom. The van der Waals surface area contributed by atoms with E-state index in [0.29, 0.717) is 22.1 Å². The molecule has 0 aliphatic rings. The van der Waals surface area contributed by atoms with E-state index in [1.54, 1.807) is 18.2 Å². The molecule has 0 bridgehead atoms. The van der Waals surface area contributed by atoms with Crippen LogP contribution in [0.1, 0.15) is 5.56 Å². The Hall–Kier alpha value is -1.37. The second-order valence-corrected chi connectivity index (χ2v) is 3.53. The Balaban J connectivity index is 2.84. The second kappa shape index (κ2) is 6.26. The van der Waals surface area contributed by atoms with Crippen molar-refractivity contribution in [3.05, 3.63) is 34.3 Å². The first-order chi connectivity index (χ1) is 7.71. The molecule has 0 radical (unpaired) electrons. The number of rotatable bonds is 4. The maximum Gasteiger partial charge on any atom is 0.162 e. The number of methoxy groups -OCH3 is 1. The van der Waals surface area contributed by atoms with Gasteiger partial charge in [0, 0.05) is 11.6 Å². The molecule has 16 heavy (non-hydrogen) atoms. The monoisotopic (exact) mass is 257 g/mol. The van der Waals surface area contributed by atoms with Gasteiger partial charge in [-0.05, 0) is 12.1 Å². The highest BCUT2D eigenvalue weighted by Crippen LogP contribution is 2.28. The molecule has 0 fully saturated rings. The van der Waals surface area contributed by atoms with E-state index in [1.165, 1.54) is 12.6 Å². The van der Waals surface area contributed by atoms with E-state index in [-0.39, 0.29) is 6.61 Å². The SMILES string of the molecule is COc1cc(C#N)ccc1OCC(Cl)=CCl. The smallest absolute Gasteiger partial charge is 0.162 e. The molecule has 0 N–H and O–H groups in total. The summed E-state index contributed by atoms with van der Waals surface area (Å²) >= 11 is 11.1. The van der Waals surface area contributed by atoms with Crippen molar-refractivity contribution >= 4 is 23.2 Å². The summed E-state index contributed by atoms with van der Waals surface area (Å²) < 4.78 is 10.4. The van der Waals surface area contributed by atoms with Gasteiger partial charge in [-0.1, -0.05) is 23.2 Å². The van der Waals surface area contributed by atoms with Crippen LogP contribution in [0.4, 0.5) is 0 Å². The van der Waals surface area contributed by atoms with Crippen LogP contribution in [0.2, 0.25) is 0 Å². The minimum absolute atomic E-state index is 0.160. The standard InChI is InChI=1S/C11H9Cl2NO2/c1-15-11-4-8(6-14)2-3-10(11)16-7-9(13)5-12/h2-5H,7H2,1H3. The molecule has 0 aliphatic carbocycles. The lowest BCUT2D eigenvalue weighted by Gasteiger charge is -2.09. The number of hydrogen-bond donors (Lipinski definition) is 0. The molecule has 0 spiro atoms. The molecule has 1 rings (SSSR count). The van der Waals surface area contributed by atoms with Crippen molar-refractivity contribution in [2.24, 2.45) is 0 Å². The van der Waals surface area contributed by atoms with Crippen molar-refractivity contribution in [3.63, 3.8) is 0 Å². The summed E-state index contributed by atoms with van der Waals surface area (Å²) in [4.78, 5) is 0. The third-order valence-electron chi connectivity index (χ3n) is 1.78. The van der Waals surface area contributed by atoms with Crippen LogP contribution in [0.3, 0.4) is 0 Å². The van der Waals surface area contributed by atoms with Gasteiger partial charge in [0.15, 0.2) is 11.5 Å². The van der Waals surface area contributed by atoms with Gasteiger partial charge in [-0.25, -0.2) is 0 Å². The number of benzene rings is 1. The highest BCUT2D eigenvalue weighted by atomic mass is 35.5. The molecule has 1 aromatic carbocycles. The molecule has 1 aromatic rings. The zero-order valence-corrected chi connectivity index (χ0v) is 10.0. The van der Waals surface area contributed by atoms with E-state index in [0.717, 1.165) is 0 Å². The maximum absolute atomic E-state index is 8.71. The molecule has 0 amide bonds. The summed E-state index contributed by atoms with van der Waals surface area (Å²) in [7, 11) is 1.50. The van der Waals surface area contributed by atoms with E-state index in [4.69, 9.17) is 37.9 Å². The molecule has 5 heteroatoms. The van der Waals surface area contributed by atoms with Gasteiger partial charge in [-0.3, -0.25) is 0 Å². The topological polar surface area (TPSA) is 42.2 Å². The molecular formula is C11H9Cl2NO2. The number of halogens is 2. The van der Waals surface area contributed by atoms with Gasteiger partial charge in [-0.2, -0.15) is 5.26 Å². The Bertz CT molecular complexity index is 438. The Kier molecular flexibility index (Phi) is 4.97. The first-order valence-electron chi connectivity index (χ1n) is 4.37. The van der Waals surface area contributed by atoms with Gasteiger partial charge in [0.05, 0.1) is 23.8 Å². The molecule has 0 heterocycles. The minimum atomic E-state index is 0.160. The lowest BCUT2D eigenvalue weighted by Crippen LogP contribution is -1.99. The number of hydrogen-bond acceptors (Lipinski definition) is 3. The van der Waals surface area contributed by atoms with Crippen molar-refractivity contribution in [2.75, 3.05) is 13.7 Å². The predicted molar refractivity (Wildman–Crippen MR) is 63.0 cm³/mol. The average molecular weight is 258 g/mol. The van der Waals surface area contributed by atoms with Crippen molar-refractivity contribution in [1.82, 2.24) is 0 Å². The molecule has 0 unspecified atom stereocenters. The first-order valence-corrected chi connectivity index (χ1v) is 5.18. The van der Waals surface area contributed by atoms with Gasteiger partial charge in [0.2, 0.25) is 0 Å². The summed E-state index contributed by atoms with van der Waals surface area (Å²) in [5.41, 5.74) is 1.74. The fourth-order valence-electron chi connectivity index (χ4n) is 1.03. The van der Waals surface area contributed by atoms with Crippen molar-refractivity contribution < 1.29 is 9.47 Å². The Morgan fingerprint density at radius 2 is 2.25 bits per heavy atom. The molecule has 0 aromatic heterocycles. The van der Waals surface area contributed by atoms with E-state index < -0.39 is 0 Å². The largest absolute Gasteiger partial charge is 0.493 e.